The van der Waals surface area contributed by atoms with Crippen LogP contribution in [0.4, 0.5) is 0 Å². The van der Waals surface area contributed by atoms with Gasteiger partial charge in [0.25, 0.3) is 0 Å². The van der Waals surface area contributed by atoms with E-state index >= 15 is 0 Å². The highest BCUT2D eigenvalue weighted by molar-refractivity contribution is 5.80. The van der Waals surface area contributed by atoms with Crippen LogP contribution in [0.5, 0.6) is 0 Å². The molecule has 1 aromatic carbocycles. The summed E-state index contributed by atoms with van der Waals surface area (Å²) in [5, 5.41) is 1.29. The van der Waals surface area contributed by atoms with E-state index in [1.807, 2.05) is 0 Å². The number of benzene rings is 1. The quantitative estimate of drug-likeness (QED) is 0.712. The molecule has 0 amide bonds. The molecule has 1 nitrogen and oxygen atoms in total. The molecule has 2 aromatic rings. The summed E-state index contributed by atoms with van der Waals surface area (Å²) in [5.74, 6) is 1.34. The zero-order valence-corrected chi connectivity index (χ0v) is 10.8. The molecule has 0 saturated carbocycles. The van der Waals surface area contributed by atoms with E-state index in [9.17, 15) is 0 Å². The minimum atomic E-state index is 0.577. The third-order valence-corrected chi connectivity index (χ3v) is 3.79. The van der Waals surface area contributed by atoms with Gasteiger partial charge in [0, 0.05) is 11.1 Å². The van der Waals surface area contributed by atoms with E-state index in [-0.39, 0.29) is 0 Å². The number of nitrogens with zero attached hydrogens (tertiary/aromatic N) is 1. The third-order valence-electron chi connectivity index (χ3n) is 3.79. The van der Waals surface area contributed by atoms with E-state index in [1.54, 1.807) is 0 Å². The number of hydrogen-bond donors (Lipinski definition) is 0. The van der Waals surface area contributed by atoms with E-state index in [0.29, 0.717) is 5.92 Å². The van der Waals surface area contributed by atoms with Crippen LogP contribution < -0.4 is 0 Å². The Morgan fingerprint density at radius 2 is 2.00 bits per heavy atom. The summed E-state index contributed by atoms with van der Waals surface area (Å²) < 4.78 is 0. The SMILES string of the molecule is CC(C)c1ccc2cc3c(nc2c1)C[C@H](C)C3. The number of hydrogen-bond acceptors (Lipinski definition) is 1. The second kappa shape index (κ2) is 3.83. The fourth-order valence-electron chi connectivity index (χ4n) is 2.76. The predicted molar refractivity (Wildman–Crippen MR) is 72.4 cm³/mol. The molecule has 88 valence electrons. The first-order valence-corrected chi connectivity index (χ1v) is 6.56. The van der Waals surface area contributed by atoms with Crippen LogP contribution >= 0.6 is 0 Å². The Bertz CT molecular complexity index is 569. The Morgan fingerprint density at radius 3 is 2.76 bits per heavy atom. The summed E-state index contributed by atoms with van der Waals surface area (Å²) in [6.45, 7) is 6.78. The van der Waals surface area contributed by atoms with Crippen LogP contribution in [0.25, 0.3) is 10.9 Å². The van der Waals surface area contributed by atoms with Gasteiger partial charge in [-0.05, 0) is 47.9 Å². The van der Waals surface area contributed by atoms with Gasteiger partial charge in [0.15, 0.2) is 0 Å². The Labute approximate surface area is 103 Å². The highest BCUT2D eigenvalue weighted by Crippen LogP contribution is 2.29. The van der Waals surface area contributed by atoms with Gasteiger partial charge in [-0.3, -0.25) is 4.98 Å². The smallest absolute Gasteiger partial charge is 0.0708 e. The van der Waals surface area contributed by atoms with Crippen LogP contribution in [0.3, 0.4) is 0 Å². The summed E-state index contributed by atoms with van der Waals surface area (Å²) in [4.78, 5) is 4.85. The highest BCUT2D eigenvalue weighted by atomic mass is 14.7. The fraction of sp³-hybridized carbons (Fsp3) is 0.438. The molecule has 0 N–H and O–H groups in total. The monoisotopic (exact) mass is 225 g/mol. The Morgan fingerprint density at radius 1 is 1.18 bits per heavy atom. The van der Waals surface area contributed by atoms with Gasteiger partial charge in [0.05, 0.1) is 5.52 Å². The third kappa shape index (κ3) is 1.84. The largest absolute Gasteiger partial charge is 0.253 e. The number of fused-ring (bicyclic) bond motifs is 2. The van der Waals surface area contributed by atoms with E-state index in [4.69, 9.17) is 4.98 Å². The van der Waals surface area contributed by atoms with Crippen LogP contribution in [0.15, 0.2) is 24.3 Å². The van der Waals surface area contributed by atoms with Crippen molar-refractivity contribution < 1.29 is 0 Å². The molecule has 3 rings (SSSR count). The summed E-state index contributed by atoms with van der Waals surface area (Å²) in [5.41, 5.74) is 5.34. The molecule has 1 heterocycles. The summed E-state index contributed by atoms with van der Waals surface area (Å²) >= 11 is 0. The molecule has 1 aliphatic carbocycles. The first-order chi connectivity index (χ1) is 8.13. The second-order valence-electron chi connectivity index (χ2n) is 5.71. The van der Waals surface area contributed by atoms with E-state index < -0.39 is 0 Å². The summed E-state index contributed by atoms with van der Waals surface area (Å²) in [7, 11) is 0. The maximum atomic E-state index is 4.85. The predicted octanol–water partition coefficient (Wildman–Crippen LogP) is 4.09. The molecule has 0 bridgehead atoms. The van der Waals surface area contributed by atoms with E-state index in [0.717, 1.165) is 12.3 Å². The van der Waals surface area contributed by atoms with Crippen molar-refractivity contribution in [2.45, 2.75) is 39.5 Å². The number of aromatic nitrogens is 1. The van der Waals surface area contributed by atoms with Crippen molar-refractivity contribution in [3.8, 4) is 0 Å². The van der Waals surface area contributed by atoms with Crippen LogP contribution in [0.2, 0.25) is 0 Å². The van der Waals surface area contributed by atoms with Crippen LogP contribution in [-0.2, 0) is 12.8 Å². The van der Waals surface area contributed by atoms with Crippen LogP contribution in [-0.4, -0.2) is 4.98 Å². The number of rotatable bonds is 1. The molecule has 1 aliphatic rings. The van der Waals surface area contributed by atoms with Crippen molar-refractivity contribution in [1.82, 2.24) is 4.98 Å². The average molecular weight is 225 g/mol. The van der Waals surface area contributed by atoms with E-state index in [1.165, 1.54) is 34.1 Å². The van der Waals surface area contributed by atoms with Crippen LogP contribution in [0, 0.1) is 5.92 Å². The maximum absolute atomic E-state index is 4.85. The lowest BCUT2D eigenvalue weighted by molar-refractivity contribution is 0.624. The van der Waals surface area contributed by atoms with Crippen molar-refractivity contribution in [3.63, 3.8) is 0 Å². The fourth-order valence-corrected chi connectivity index (χ4v) is 2.76. The second-order valence-corrected chi connectivity index (χ2v) is 5.71. The van der Waals surface area contributed by atoms with Crippen molar-refractivity contribution in [2.24, 2.45) is 5.92 Å². The van der Waals surface area contributed by atoms with E-state index in [2.05, 4.69) is 45.0 Å². The molecular weight excluding hydrogens is 206 g/mol. The normalized spacial score (nSPS) is 18.9. The zero-order chi connectivity index (χ0) is 12.0. The molecule has 0 saturated heterocycles. The molecule has 0 fully saturated rings. The minimum Gasteiger partial charge on any atom is -0.253 e. The molecule has 0 radical (unpaired) electrons. The van der Waals surface area contributed by atoms with Gasteiger partial charge >= 0.3 is 0 Å². The Hall–Kier alpha value is -1.37. The van der Waals surface area contributed by atoms with Gasteiger partial charge in [-0.1, -0.05) is 32.9 Å². The topological polar surface area (TPSA) is 12.9 Å². The molecule has 0 aliphatic heterocycles. The minimum absolute atomic E-state index is 0.577. The summed E-state index contributed by atoms with van der Waals surface area (Å²) in [6, 6.07) is 9.05. The van der Waals surface area contributed by atoms with Gasteiger partial charge in [-0.25, -0.2) is 0 Å². The molecule has 17 heavy (non-hydrogen) atoms. The Balaban J connectivity index is 2.16. The zero-order valence-electron chi connectivity index (χ0n) is 10.8. The maximum Gasteiger partial charge on any atom is 0.0708 e. The van der Waals surface area contributed by atoms with Crippen molar-refractivity contribution in [3.05, 3.63) is 41.1 Å². The Kier molecular flexibility index (Phi) is 2.43. The van der Waals surface area contributed by atoms with Gasteiger partial charge in [-0.2, -0.15) is 0 Å². The lowest BCUT2D eigenvalue weighted by atomic mass is 10.0. The molecular formula is C16H19N. The van der Waals surface area contributed by atoms with Gasteiger partial charge in [-0.15, -0.1) is 0 Å². The average Bonchev–Trinajstić information content (AvgIpc) is 2.63. The molecule has 1 aromatic heterocycles. The first-order valence-electron chi connectivity index (χ1n) is 6.56. The van der Waals surface area contributed by atoms with Gasteiger partial charge < -0.3 is 0 Å². The van der Waals surface area contributed by atoms with Crippen molar-refractivity contribution in [1.29, 1.82) is 0 Å². The van der Waals surface area contributed by atoms with Crippen LogP contribution in [0.1, 0.15) is 43.5 Å². The van der Waals surface area contributed by atoms with Crippen molar-refractivity contribution >= 4 is 10.9 Å². The van der Waals surface area contributed by atoms with Gasteiger partial charge in [0.1, 0.15) is 0 Å². The van der Waals surface area contributed by atoms with Gasteiger partial charge in [0.2, 0.25) is 0 Å². The molecule has 1 atom stereocenters. The number of pyridine rings is 1. The molecule has 1 heteroatoms. The first kappa shape index (κ1) is 10.8. The lowest BCUT2D eigenvalue weighted by Crippen LogP contribution is -1.93. The molecule has 0 unspecified atom stereocenters. The summed E-state index contributed by atoms with van der Waals surface area (Å²) in [6.07, 6.45) is 2.35. The lowest BCUT2D eigenvalue weighted by Gasteiger charge is -2.08. The standard InChI is InChI=1S/C16H19N/c1-10(2)12-4-5-13-8-14-6-11(3)7-15(14)17-16(13)9-12/h4-5,8-11H,6-7H2,1-3H3/t11-/m1/s1. The molecule has 0 spiro atoms. The van der Waals surface area contributed by atoms with Crippen molar-refractivity contribution in [2.75, 3.05) is 0 Å². The highest BCUT2D eigenvalue weighted by Gasteiger charge is 2.19.